The summed E-state index contributed by atoms with van der Waals surface area (Å²) in [5, 5.41) is 2.98. The molecule has 0 aliphatic heterocycles. The Kier molecular flexibility index (Phi) is 6.42. The molecule has 2 rings (SSSR count). The molecule has 2 aromatic rings. The summed E-state index contributed by atoms with van der Waals surface area (Å²) in [6.45, 7) is 5.60. The van der Waals surface area contributed by atoms with Gasteiger partial charge < -0.3 is 5.32 Å². The van der Waals surface area contributed by atoms with Gasteiger partial charge in [0.05, 0.1) is 18.0 Å². The van der Waals surface area contributed by atoms with Gasteiger partial charge in [-0.15, -0.1) is 0 Å². The third kappa shape index (κ3) is 4.85. The van der Waals surface area contributed by atoms with E-state index in [-0.39, 0.29) is 11.9 Å². The van der Waals surface area contributed by atoms with Crippen LogP contribution in [0.2, 0.25) is 0 Å². The van der Waals surface area contributed by atoms with Crippen molar-refractivity contribution in [1.29, 1.82) is 0 Å². The molecule has 0 saturated heterocycles. The van der Waals surface area contributed by atoms with Crippen molar-refractivity contribution in [2.24, 2.45) is 0 Å². The third-order valence-electron chi connectivity index (χ3n) is 4.30. The van der Waals surface area contributed by atoms with E-state index in [9.17, 15) is 13.2 Å². The molecule has 5 nitrogen and oxygen atoms in total. The number of nitrogens with one attached hydrogen (secondary N) is 1. The number of amides is 1. The fraction of sp³-hybridized carbons (Fsp3) is 0.350. The van der Waals surface area contributed by atoms with Crippen LogP contribution in [0.1, 0.15) is 37.4 Å². The number of para-hydroxylation sites is 1. The number of rotatable bonds is 7. The van der Waals surface area contributed by atoms with Crippen molar-refractivity contribution in [2.45, 2.75) is 39.3 Å². The lowest BCUT2D eigenvalue weighted by Gasteiger charge is -2.29. The van der Waals surface area contributed by atoms with Gasteiger partial charge in [-0.3, -0.25) is 9.10 Å². The number of nitrogens with zero attached hydrogens (tertiary/aromatic N) is 1. The molecule has 2 unspecified atom stereocenters. The van der Waals surface area contributed by atoms with Crippen molar-refractivity contribution in [3.8, 4) is 0 Å². The zero-order valence-electron chi connectivity index (χ0n) is 15.6. The Bertz CT molecular complexity index is 833. The summed E-state index contributed by atoms with van der Waals surface area (Å²) in [5.74, 6) is -0.327. The molecule has 0 fully saturated rings. The Morgan fingerprint density at radius 1 is 1.08 bits per heavy atom. The molecule has 0 aliphatic rings. The fourth-order valence-corrected chi connectivity index (χ4v) is 4.07. The van der Waals surface area contributed by atoms with Crippen molar-refractivity contribution in [1.82, 2.24) is 5.32 Å². The first-order chi connectivity index (χ1) is 12.2. The van der Waals surface area contributed by atoms with E-state index in [2.05, 4.69) is 5.32 Å². The number of aryl methyl sites for hydroxylation is 1. The van der Waals surface area contributed by atoms with E-state index in [0.29, 0.717) is 12.1 Å². The van der Waals surface area contributed by atoms with Crippen LogP contribution in [-0.4, -0.2) is 26.6 Å². The van der Waals surface area contributed by atoms with Gasteiger partial charge in [0.2, 0.25) is 15.9 Å². The highest BCUT2D eigenvalue weighted by Gasteiger charge is 2.30. The highest BCUT2D eigenvalue weighted by Crippen LogP contribution is 2.22. The SMILES string of the molecule is CCC(NC(=O)C(C)N(c1ccccc1)S(C)(=O)=O)c1ccc(C)cc1. The standard InChI is InChI=1S/C20H26N2O3S/c1-5-19(17-13-11-15(2)12-14-17)21-20(23)16(3)22(26(4,24)25)18-9-7-6-8-10-18/h6-14,16,19H,5H2,1-4H3,(H,21,23). The quantitative estimate of drug-likeness (QED) is 0.807. The summed E-state index contributed by atoms with van der Waals surface area (Å²) >= 11 is 0. The van der Waals surface area contributed by atoms with Gasteiger partial charge in [-0.1, -0.05) is 55.0 Å². The van der Waals surface area contributed by atoms with E-state index in [1.807, 2.05) is 38.1 Å². The maximum Gasteiger partial charge on any atom is 0.244 e. The monoisotopic (exact) mass is 374 g/mol. The van der Waals surface area contributed by atoms with Crippen LogP contribution >= 0.6 is 0 Å². The molecule has 0 spiro atoms. The van der Waals surface area contributed by atoms with Crippen molar-refractivity contribution in [3.05, 3.63) is 65.7 Å². The van der Waals surface area contributed by atoms with Gasteiger partial charge >= 0.3 is 0 Å². The number of benzene rings is 2. The smallest absolute Gasteiger partial charge is 0.244 e. The molecule has 0 radical (unpaired) electrons. The Morgan fingerprint density at radius 2 is 1.65 bits per heavy atom. The summed E-state index contributed by atoms with van der Waals surface area (Å²) in [7, 11) is -3.60. The van der Waals surface area contributed by atoms with E-state index in [4.69, 9.17) is 0 Å². The van der Waals surface area contributed by atoms with E-state index in [1.54, 1.807) is 37.3 Å². The Hall–Kier alpha value is -2.34. The lowest BCUT2D eigenvalue weighted by molar-refractivity contribution is -0.122. The molecule has 0 heterocycles. The molecule has 0 aromatic heterocycles. The van der Waals surface area contributed by atoms with E-state index in [0.717, 1.165) is 21.7 Å². The number of carbonyl (C=O) groups excluding carboxylic acids is 1. The fourth-order valence-electron chi connectivity index (χ4n) is 2.90. The minimum atomic E-state index is -3.60. The molecular weight excluding hydrogens is 348 g/mol. The number of carbonyl (C=O) groups is 1. The van der Waals surface area contributed by atoms with Crippen molar-refractivity contribution < 1.29 is 13.2 Å². The molecule has 1 amide bonds. The third-order valence-corrected chi connectivity index (χ3v) is 5.55. The van der Waals surface area contributed by atoms with Crippen LogP contribution in [0.4, 0.5) is 5.69 Å². The Labute approximate surface area is 156 Å². The van der Waals surface area contributed by atoms with E-state index >= 15 is 0 Å². The molecule has 0 bridgehead atoms. The van der Waals surface area contributed by atoms with E-state index < -0.39 is 16.1 Å². The van der Waals surface area contributed by atoms with Crippen LogP contribution in [0.25, 0.3) is 0 Å². The van der Waals surface area contributed by atoms with Gasteiger partial charge in [0.1, 0.15) is 6.04 Å². The second-order valence-corrected chi connectivity index (χ2v) is 8.31. The average molecular weight is 375 g/mol. The molecule has 140 valence electrons. The van der Waals surface area contributed by atoms with Crippen molar-refractivity contribution in [3.63, 3.8) is 0 Å². The van der Waals surface area contributed by atoms with Crippen molar-refractivity contribution >= 4 is 21.6 Å². The average Bonchev–Trinajstić information content (AvgIpc) is 2.60. The van der Waals surface area contributed by atoms with Crippen molar-refractivity contribution in [2.75, 3.05) is 10.6 Å². The molecule has 0 saturated carbocycles. The predicted molar refractivity (Wildman–Crippen MR) is 106 cm³/mol. The van der Waals surface area contributed by atoms with Gasteiger partial charge in [0.25, 0.3) is 0 Å². The molecule has 2 atom stereocenters. The second-order valence-electron chi connectivity index (χ2n) is 6.45. The summed E-state index contributed by atoms with van der Waals surface area (Å²) in [4.78, 5) is 12.8. The van der Waals surface area contributed by atoms with Gasteiger partial charge in [-0.2, -0.15) is 0 Å². The zero-order valence-corrected chi connectivity index (χ0v) is 16.5. The van der Waals surface area contributed by atoms with Gasteiger partial charge in [-0.25, -0.2) is 8.42 Å². The Morgan fingerprint density at radius 3 is 2.15 bits per heavy atom. The minimum absolute atomic E-state index is 0.164. The number of anilines is 1. The van der Waals surface area contributed by atoms with Gasteiger partial charge in [0, 0.05) is 0 Å². The number of hydrogen-bond acceptors (Lipinski definition) is 3. The highest BCUT2D eigenvalue weighted by atomic mass is 32.2. The summed E-state index contributed by atoms with van der Waals surface area (Å²) in [6, 6.07) is 15.6. The van der Waals surface area contributed by atoms with Crippen LogP contribution in [0.5, 0.6) is 0 Å². The first-order valence-electron chi connectivity index (χ1n) is 8.65. The maximum atomic E-state index is 12.8. The lowest BCUT2D eigenvalue weighted by atomic mass is 10.0. The minimum Gasteiger partial charge on any atom is -0.347 e. The topological polar surface area (TPSA) is 66.5 Å². The molecule has 1 N–H and O–H groups in total. The summed E-state index contributed by atoms with van der Waals surface area (Å²) in [5.41, 5.74) is 2.63. The number of sulfonamides is 1. The molecule has 26 heavy (non-hydrogen) atoms. The molecule has 6 heteroatoms. The van der Waals surface area contributed by atoms with Crippen LogP contribution in [-0.2, 0) is 14.8 Å². The first kappa shape index (κ1) is 20.0. The summed E-state index contributed by atoms with van der Waals surface area (Å²) in [6.07, 6.45) is 1.83. The van der Waals surface area contributed by atoms with Crippen LogP contribution in [0.15, 0.2) is 54.6 Å². The largest absolute Gasteiger partial charge is 0.347 e. The zero-order chi connectivity index (χ0) is 19.3. The van der Waals surface area contributed by atoms with Gasteiger partial charge in [0.15, 0.2) is 0 Å². The van der Waals surface area contributed by atoms with Crippen LogP contribution < -0.4 is 9.62 Å². The van der Waals surface area contributed by atoms with Crippen LogP contribution in [0, 0.1) is 6.92 Å². The molecule has 2 aromatic carbocycles. The highest BCUT2D eigenvalue weighted by molar-refractivity contribution is 7.92. The second kappa shape index (κ2) is 8.36. The van der Waals surface area contributed by atoms with Gasteiger partial charge in [-0.05, 0) is 38.0 Å². The lowest BCUT2D eigenvalue weighted by Crippen LogP contribution is -2.48. The predicted octanol–water partition coefficient (Wildman–Crippen LogP) is 3.42. The molecule has 0 aliphatic carbocycles. The molecular formula is C20H26N2O3S. The number of hydrogen-bond donors (Lipinski definition) is 1. The normalized spacial score (nSPS) is 13.7. The van der Waals surface area contributed by atoms with E-state index in [1.165, 1.54) is 0 Å². The summed E-state index contributed by atoms with van der Waals surface area (Å²) < 4.78 is 25.7. The maximum absolute atomic E-state index is 12.8. The first-order valence-corrected chi connectivity index (χ1v) is 10.5. The Balaban J connectivity index is 2.24. The van der Waals surface area contributed by atoms with Crippen LogP contribution in [0.3, 0.4) is 0 Å².